The SMILES string of the molecule is C=C1[C@H](COC(=O)NCCCCCCO[C@@H]2O[C@H](COC(C)=O)[C@@H](O[C@@H]3O[C@H](COC(C)=O)[C@H](OC(C)=O)[C@H](OC(C)=O)[C@H]3OC(C)=O)[C@H](OC(C)=O)[C@H]2OC(C)=O)[C@@H](OC(C)=O)C[C@@H]1n1cnc2c(=O)[nH]c(N)nc21. The minimum Gasteiger partial charge on any atom is -0.463 e. The van der Waals surface area contributed by atoms with Gasteiger partial charge in [0, 0.05) is 75.0 Å². The Morgan fingerprint density at radius 3 is 1.75 bits per heavy atom. The number of anilines is 1. The Kier molecular flexibility index (Phi) is 21.6. The molecule has 3 aliphatic rings. The molecule has 0 bridgehead atoms. The molecule has 0 aromatic carbocycles. The number of amides is 1. The normalized spacial score (nSPS) is 27.1. The number of unbranched alkanes of at least 4 members (excludes halogenated alkanes) is 3. The first-order valence-corrected chi connectivity index (χ1v) is 24.1. The molecule has 76 heavy (non-hydrogen) atoms. The van der Waals surface area contributed by atoms with Gasteiger partial charge in [0.1, 0.15) is 44.2 Å². The fourth-order valence-electron chi connectivity index (χ4n) is 8.84. The smallest absolute Gasteiger partial charge is 0.407 e. The predicted molar refractivity (Wildman–Crippen MR) is 251 cm³/mol. The fourth-order valence-corrected chi connectivity index (χ4v) is 8.84. The molecule has 0 radical (unpaired) electrons. The van der Waals surface area contributed by atoms with Gasteiger partial charge in [0.2, 0.25) is 5.95 Å². The van der Waals surface area contributed by atoms with Crippen molar-refractivity contribution in [1.82, 2.24) is 24.8 Å². The lowest BCUT2D eigenvalue weighted by atomic mass is 9.96. The number of hydrogen-bond donors (Lipinski definition) is 3. The number of nitrogens with two attached hydrogens (primary N) is 1. The van der Waals surface area contributed by atoms with E-state index in [1.807, 2.05) is 0 Å². The first kappa shape index (κ1) is 59.6. The minimum atomic E-state index is -1.85. The Morgan fingerprint density at radius 1 is 0.658 bits per heavy atom. The van der Waals surface area contributed by atoms with Gasteiger partial charge in [0.25, 0.3) is 5.56 Å². The molecule has 4 N–H and O–H groups in total. The number of H-pyrrole nitrogens is 1. The summed E-state index contributed by atoms with van der Waals surface area (Å²) in [6, 6.07) is -0.515. The molecule has 2 aromatic rings. The van der Waals surface area contributed by atoms with Crippen molar-refractivity contribution < 1.29 is 105 Å². The highest BCUT2D eigenvalue weighted by Crippen LogP contribution is 2.42. The first-order valence-electron chi connectivity index (χ1n) is 24.1. The molecule has 29 heteroatoms. The number of fused-ring (bicyclic) bond motifs is 1. The number of hydrogen-bond acceptors (Lipinski definition) is 26. The fraction of sp³-hybridized carbons (Fsp3) is 0.660. The molecule has 2 aromatic heterocycles. The lowest BCUT2D eigenvalue weighted by Crippen LogP contribution is -2.67. The average Bonchev–Trinajstić information content (AvgIpc) is 3.87. The molecule has 420 valence electrons. The van der Waals surface area contributed by atoms with Crippen molar-refractivity contribution in [2.45, 2.75) is 161 Å². The third kappa shape index (κ3) is 16.6. The summed E-state index contributed by atoms with van der Waals surface area (Å²) in [5, 5.41) is 2.68. The summed E-state index contributed by atoms with van der Waals surface area (Å²) < 4.78 is 75.7. The number of carbonyl (C=O) groups excluding carboxylic acids is 9. The number of aromatic amines is 1. The highest BCUT2D eigenvalue weighted by atomic mass is 16.8. The van der Waals surface area contributed by atoms with E-state index in [0.717, 1.165) is 48.5 Å². The zero-order valence-corrected chi connectivity index (χ0v) is 43.2. The molecule has 1 aliphatic carbocycles. The van der Waals surface area contributed by atoms with E-state index >= 15 is 0 Å². The Labute approximate surface area is 434 Å². The average molecular weight is 1080 g/mol. The number of rotatable bonds is 23. The second kappa shape index (κ2) is 27.5. The molecular formula is C47H64N6O23. The Bertz CT molecular complexity index is 2510. The Morgan fingerprint density at radius 2 is 1.17 bits per heavy atom. The van der Waals surface area contributed by atoms with E-state index in [4.69, 9.17) is 67.3 Å². The summed E-state index contributed by atoms with van der Waals surface area (Å²) in [6.45, 7) is 11.6. The van der Waals surface area contributed by atoms with Crippen LogP contribution in [-0.4, -0.2) is 174 Å². The minimum absolute atomic E-state index is 0.0270. The summed E-state index contributed by atoms with van der Waals surface area (Å²) in [5.74, 6) is -7.35. The monoisotopic (exact) mass is 1080 g/mol. The van der Waals surface area contributed by atoms with E-state index in [1.165, 1.54) is 13.3 Å². The van der Waals surface area contributed by atoms with E-state index < -0.39 is 152 Å². The molecule has 2 aliphatic heterocycles. The van der Waals surface area contributed by atoms with Gasteiger partial charge in [0.05, 0.1) is 18.3 Å². The number of aromatic nitrogens is 4. The zero-order valence-electron chi connectivity index (χ0n) is 43.2. The first-order chi connectivity index (χ1) is 35.9. The number of ether oxygens (including phenoxy) is 13. The molecule has 1 amide bonds. The number of nitrogens with one attached hydrogen (secondary N) is 2. The second-order valence-corrected chi connectivity index (χ2v) is 17.8. The van der Waals surface area contributed by atoms with Crippen LogP contribution < -0.4 is 16.6 Å². The van der Waals surface area contributed by atoms with Gasteiger partial charge in [-0.2, -0.15) is 4.98 Å². The standard InChI is InChI=1S/C47H64N6O23/c1-21-30(32(68-24(4)56)16-31(21)53-20-50-35-42(53)51-46(48)52-43(35)62)17-67-47(63)49-14-12-10-11-13-15-64-44-40(72-28(8)60)39(71-27(7)59)37(34(74-44)19-66-23(3)55)76-45-41(73-29(9)61)38(70-26(6)58)36(69-25(5)57)33(75-45)18-65-22(2)54/h20,30-34,36-41,44-45H,1,10-19H2,2-9H3,(H,49,63)(H3,48,51,52,62)/t30-,31-,32-,33+,34+,36-,37+,38-,39-,40+,41+,44+,45-/m0/s1. The van der Waals surface area contributed by atoms with Gasteiger partial charge in [-0.05, 0) is 18.4 Å². The van der Waals surface area contributed by atoms with Crippen LogP contribution in [0, 0.1) is 5.92 Å². The van der Waals surface area contributed by atoms with Crippen LogP contribution in [0.15, 0.2) is 23.3 Å². The van der Waals surface area contributed by atoms with Crippen molar-refractivity contribution in [2.24, 2.45) is 5.92 Å². The summed E-state index contributed by atoms with van der Waals surface area (Å²) in [6.07, 6.45) is -13.8. The molecule has 3 fully saturated rings. The van der Waals surface area contributed by atoms with E-state index in [-0.39, 0.29) is 43.3 Å². The molecule has 2 saturated heterocycles. The summed E-state index contributed by atoms with van der Waals surface area (Å²) >= 11 is 0. The number of carbonyl (C=O) groups is 9. The van der Waals surface area contributed by atoms with E-state index in [9.17, 15) is 47.9 Å². The number of imidazole rings is 1. The summed E-state index contributed by atoms with van der Waals surface area (Å²) in [4.78, 5) is 135. The number of nitrogen functional groups attached to an aromatic ring is 1. The number of alkyl carbamates (subject to hydrolysis) is 1. The quantitative estimate of drug-likeness (QED) is 0.0596. The molecule has 13 atom stereocenters. The van der Waals surface area contributed by atoms with Gasteiger partial charge in [-0.25, -0.2) is 9.78 Å². The lowest BCUT2D eigenvalue weighted by molar-refractivity contribution is -0.361. The van der Waals surface area contributed by atoms with Crippen molar-refractivity contribution in [3.05, 3.63) is 28.8 Å². The highest BCUT2D eigenvalue weighted by molar-refractivity contribution is 5.72. The Balaban J connectivity index is 1.22. The maximum atomic E-state index is 12.8. The third-order valence-electron chi connectivity index (χ3n) is 11.8. The van der Waals surface area contributed by atoms with Gasteiger partial charge in [-0.3, -0.25) is 48.1 Å². The molecule has 0 unspecified atom stereocenters. The van der Waals surface area contributed by atoms with Gasteiger partial charge in [-0.15, -0.1) is 0 Å². The van der Waals surface area contributed by atoms with Crippen molar-refractivity contribution in [1.29, 1.82) is 0 Å². The maximum Gasteiger partial charge on any atom is 0.407 e. The van der Waals surface area contributed by atoms with Crippen LogP contribution in [0.1, 0.15) is 93.5 Å². The van der Waals surface area contributed by atoms with Gasteiger partial charge < -0.3 is 77.2 Å². The third-order valence-corrected chi connectivity index (χ3v) is 11.8. The Hall–Kier alpha value is -7.24. The van der Waals surface area contributed by atoms with Crippen LogP contribution in [-0.2, 0) is 99.9 Å². The van der Waals surface area contributed by atoms with E-state index in [1.54, 1.807) is 4.57 Å². The van der Waals surface area contributed by atoms with Crippen molar-refractivity contribution in [2.75, 3.05) is 38.7 Å². The van der Waals surface area contributed by atoms with E-state index in [0.29, 0.717) is 31.3 Å². The molecule has 5 rings (SSSR count). The number of esters is 8. The topological polar surface area (TPSA) is 375 Å². The second-order valence-electron chi connectivity index (χ2n) is 17.8. The van der Waals surface area contributed by atoms with Crippen LogP contribution in [0.4, 0.5) is 10.7 Å². The van der Waals surface area contributed by atoms with Crippen LogP contribution in [0.3, 0.4) is 0 Å². The van der Waals surface area contributed by atoms with E-state index in [2.05, 4.69) is 26.8 Å². The van der Waals surface area contributed by atoms with Crippen molar-refractivity contribution in [3.63, 3.8) is 0 Å². The zero-order chi connectivity index (χ0) is 56.0. The van der Waals surface area contributed by atoms with Crippen LogP contribution in [0.25, 0.3) is 11.2 Å². The number of nitrogens with zero attached hydrogens (tertiary/aromatic N) is 3. The molecule has 0 spiro atoms. The van der Waals surface area contributed by atoms with Gasteiger partial charge in [-0.1, -0.05) is 19.4 Å². The summed E-state index contributed by atoms with van der Waals surface area (Å²) in [5.41, 5.74) is 6.06. The van der Waals surface area contributed by atoms with Crippen molar-refractivity contribution in [3.8, 4) is 0 Å². The van der Waals surface area contributed by atoms with Crippen molar-refractivity contribution >= 4 is 71.0 Å². The highest BCUT2D eigenvalue weighted by Gasteiger charge is 2.58. The van der Waals surface area contributed by atoms with Crippen LogP contribution in [0.2, 0.25) is 0 Å². The predicted octanol–water partition coefficient (Wildman–Crippen LogP) is 0.674. The molecule has 29 nitrogen and oxygen atoms in total. The molecule has 4 heterocycles. The molecule has 1 saturated carbocycles. The van der Waals surface area contributed by atoms with Gasteiger partial charge in [0.15, 0.2) is 54.3 Å². The lowest BCUT2D eigenvalue weighted by Gasteiger charge is -2.48. The summed E-state index contributed by atoms with van der Waals surface area (Å²) in [7, 11) is 0. The molecular weight excluding hydrogens is 1020 g/mol. The largest absolute Gasteiger partial charge is 0.463 e. The van der Waals surface area contributed by atoms with Gasteiger partial charge >= 0.3 is 53.8 Å². The van der Waals surface area contributed by atoms with Crippen LogP contribution >= 0.6 is 0 Å². The maximum absolute atomic E-state index is 12.8. The van der Waals surface area contributed by atoms with Crippen LogP contribution in [0.5, 0.6) is 0 Å².